The zero-order valence-corrected chi connectivity index (χ0v) is 7.34. The van der Waals surface area contributed by atoms with Crippen molar-refractivity contribution in [2.45, 2.75) is 12.8 Å². The van der Waals surface area contributed by atoms with Crippen molar-refractivity contribution in [2.75, 3.05) is 0 Å². The van der Waals surface area contributed by atoms with Crippen LogP contribution in [-0.4, -0.2) is 44.6 Å². The van der Waals surface area contributed by atoms with E-state index in [1.165, 1.54) is 0 Å². The van der Waals surface area contributed by atoms with E-state index in [1.807, 2.05) is 0 Å². The Morgan fingerprint density at radius 3 is 1.13 bits per heavy atom. The maximum Gasteiger partial charge on any atom is 0.503 e. The highest BCUT2D eigenvalue weighted by Crippen LogP contribution is 1.95. The van der Waals surface area contributed by atoms with E-state index < -0.39 is 12.3 Å². The predicted molar refractivity (Wildman–Crippen MR) is 43.7 cm³/mol. The molecule has 15 heavy (non-hydrogen) atoms. The molecule has 0 bridgehead atoms. The molecule has 1 heterocycles. The summed E-state index contributed by atoms with van der Waals surface area (Å²) in [6.45, 7) is 0. The molecule has 0 atom stereocenters. The van der Waals surface area contributed by atoms with Crippen molar-refractivity contribution >= 4 is 24.1 Å². The van der Waals surface area contributed by atoms with Crippen molar-refractivity contribution < 1.29 is 39.6 Å². The Balaban J connectivity index is 0. The lowest BCUT2D eigenvalue weighted by Gasteiger charge is -1.79. The van der Waals surface area contributed by atoms with Crippen molar-refractivity contribution in [3.63, 3.8) is 0 Å². The van der Waals surface area contributed by atoms with Crippen molar-refractivity contribution in [2.24, 2.45) is 0 Å². The first kappa shape index (κ1) is 15.2. The first-order valence-corrected chi connectivity index (χ1v) is 3.42. The van der Waals surface area contributed by atoms with Crippen LogP contribution in [0.15, 0.2) is 0 Å². The number of hydrogen-bond donors (Lipinski definition) is 5. The minimum Gasteiger partial charge on any atom is -0.450 e. The summed E-state index contributed by atoms with van der Waals surface area (Å²) in [5.74, 6) is -0.296. The number of amides is 2. The fraction of sp³-hybridized carbons (Fsp3) is 0.333. The third-order valence-electron chi connectivity index (χ3n) is 0.858. The zero-order valence-electron chi connectivity index (χ0n) is 7.34. The molecule has 0 aromatic heterocycles. The monoisotopic (exact) mass is 223 g/mol. The standard InChI is InChI=1S/C4H5NO2.2CH2O3/c6-3-1-2-4(7)5-3;2*2-1(3)4/h1-2H2,(H,5,6,7);2*(H2,2,3,4). The van der Waals surface area contributed by atoms with Crippen LogP contribution in [0.3, 0.4) is 0 Å². The van der Waals surface area contributed by atoms with Crippen molar-refractivity contribution in [3.05, 3.63) is 0 Å². The molecule has 0 radical (unpaired) electrons. The normalized spacial score (nSPS) is 12.5. The van der Waals surface area contributed by atoms with Gasteiger partial charge in [-0.2, -0.15) is 0 Å². The quantitative estimate of drug-likeness (QED) is 0.354. The van der Waals surface area contributed by atoms with Crippen LogP contribution in [0.5, 0.6) is 0 Å². The molecule has 0 saturated carbocycles. The Labute approximate surface area is 82.9 Å². The summed E-state index contributed by atoms with van der Waals surface area (Å²) < 4.78 is 0. The summed E-state index contributed by atoms with van der Waals surface area (Å²) in [6.07, 6.45) is -2.92. The SMILES string of the molecule is O=C(O)O.O=C(O)O.O=C1CCC(=O)N1. The number of imide groups is 1. The molecule has 0 spiro atoms. The van der Waals surface area contributed by atoms with E-state index in [0.717, 1.165) is 0 Å². The second-order valence-corrected chi connectivity index (χ2v) is 2.04. The van der Waals surface area contributed by atoms with Gasteiger partial charge in [0.15, 0.2) is 0 Å². The van der Waals surface area contributed by atoms with Gasteiger partial charge in [0.2, 0.25) is 11.8 Å². The molecule has 1 saturated heterocycles. The number of rotatable bonds is 0. The smallest absolute Gasteiger partial charge is 0.450 e. The molecule has 1 fully saturated rings. The third kappa shape index (κ3) is 24.5. The van der Waals surface area contributed by atoms with E-state index in [4.69, 9.17) is 30.0 Å². The molecule has 1 aliphatic rings. The van der Waals surface area contributed by atoms with Gasteiger partial charge in [0, 0.05) is 12.8 Å². The van der Waals surface area contributed by atoms with Crippen molar-refractivity contribution in [1.29, 1.82) is 0 Å². The molecule has 0 aromatic carbocycles. The summed E-state index contributed by atoms with van der Waals surface area (Å²) in [6, 6.07) is 0. The van der Waals surface area contributed by atoms with E-state index >= 15 is 0 Å². The molecular formula is C6H9NO8. The Morgan fingerprint density at radius 2 is 1.07 bits per heavy atom. The van der Waals surface area contributed by atoms with Crippen LogP contribution in [0, 0.1) is 0 Å². The lowest BCUT2D eigenvalue weighted by Crippen LogP contribution is -2.18. The topological polar surface area (TPSA) is 161 Å². The predicted octanol–water partition coefficient (Wildman–Crippen LogP) is -0.132. The van der Waals surface area contributed by atoms with Gasteiger partial charge in [-0.15, -0.1) is 0 Å². The van der Waals surface area contributed by atoms with Crippen LogP contribution in [0.25, 0.3) is 0 Å². The average molecular weight is 223 g/mol. The van der Waals surface area contributed by atoms with E-state index in [1.54, 1.807) is 0 Å². The average Bonchev–Trinajstić information content (AvgIpc) is 2.31. The Morgan fingerprint density at radius 1 is 0.867 bits per heavy atom. The summed E-state index contributed by atoms with van der Waals surface area (Å²) >= 11 is 0. The molecule has 86 valence electrons. The minimum atomic E-state index is -1.83. The van der Waals surface area contributed by atoms with Crippen molar-refractivity contribution in [3.8, 4) is 0 Å². The van der Waals surface area contributed by atoms with Gasteiger partial charge in [-0.25, -0.2) is 9.59 Å². The lowest BCUT2D eigenvalue weighted by molar-refractivity contribution is -0.124. The number of hydrogen-bond acceptors (Lipinski definition) is 4. The highest BCUT2D eigenvalue weighted by molar-refractivity contribution is 6.01. The second kappa shape index (κ2) is 8.29. The van der Waals surface area contributed by atoms with Crippen LogP contribution in [-0.2, 0) is 9.59 Å². The highest BCUT2D eigenvalue weighted by atomic mass is 16.6. The van der Waals surface area contributed by atoms with Gasteiger partial charge in [0.25, 0.3) is 0 Å². The van der Waals surface area contributed by atoms with Gasteiger partial charge in [-0.1, -0.05) is 0 Å². The highest BCUT2D eigenvalue weighted by Gasteiger charge is 2.15. The number of nitrogens with one attached hydrogen (secondary N) is 1. The van der Waals surface area contributed by atoms with Crippen LogP contribution in [0.4, 0.5) is 9.59 Å². The summed E-state index contributed by atoms with van der Waals surface area (Å²) in [4.78, 5) is 37.4. The first-order valence-electron chi connectivity index (χ1n) is 3.42. The molecule has 9 nitrogen and oxygen atoms in total. The maximum atomic E-state index is 10.1. The van der Waals surface area contributed by atoms with Gasteiger partial charge in [0.1, 0.15) is 0 Å². The molecule has 1 rings (SSSR count). The second-order valence-electron chi connectivity index (χ2n) is 2.04. The molecule has 1 aliphatic heterocycles. The van der Waals surface area contributed by atoms with E-state index in [9.17, 15) is 9.59 Å². The molecule has 2 amide bonds. The van der Waals surface area contributed by atoms with E-state index in [0.29, 0.717) is 12.8 Å². The number of carboxylic acid groups (broad SMARTS) is 4. The van der Waals surface area contributed by atoms with Gasteiger partial charge in [-0.05, 0) is 0 Å². The maximum absolute atomic E-state index is 10.1. The Hall–Kier alpha value is -2.32. The lowest BCUT2D eigenvalue weighted by atomic mass is 10.4. The Kier molecular flexibility index (Phi) is 8.38. The molecule has 5 N–H and O–H groups in total. The summed E-state index contributed by atoms with van der Waals surface area (Å²) in [5.41, 5.74) is 0. The fourth-order valence-corrected chi connectivity index (χ4v) is 0.508. The molecule has 9 heteroatoms. The zero-order chi connectivity index (χ0) is 12.4. The van der Waals surface area contributed by atoms with Gasteiger partial charge in [-0.3, -0.25) is 14.9 Å². The molecule has 0 aromatic rings. The third-order valence-corrected chi connectivity index (χ3v) is 0.858. The summed E-state index contributed by atoms with van der Waals surface area (Å²) in [7, 11) is 0. The van der Waals surface area contributed by atoms with E-state index in [-0.39, 0.29) is 11.8 Å². The van der Waals surface area contributed by atoms with Crippen LogP contribution < -0.4 is 5.32 Å². The minimum absolute atomic E-state index is 0.148. The number of carbonyl (C=O) groups is 4. The number of carbonyl (C=O) groups excluding carboxylic acids is 2. The summed E-state index contributed by atoms with van der Waals surface area (Å²) in [5, 5.41) is 30.0. The van der Waals surface area contributed by atoms with Crippen molar-refractivity contribution in [1.82, 2.24) is 5.32 Å². The Bertz CT molecular complexity index is 226. The molecule has 0 aliphatic carbocycles. The first-order chi connectivity index (χ1) is 6.75. The van der Waals surface area contributed by atoms with Crippen LogP contribution >= 0.6 is 0 Å². The fourth-order valence-electron chi connectivity index (χ4n) is 0.508. The largest absolute Gasteiger partial charge is 0.503 e. The van der Waals surface area contributed by atoms with E-state index in [2.05, 4.69) is 5.32 Å². The van der Waals surface area contributed by atoms with Crippen LogP contribution in [0.1, 0.15) is 12.8 Å². The van der Waals surface area contributed by atoms with Gasteiger partial charge in [0.05, 0.1) is 0 Å². The van der Waals surface area contributed by atoms with Gasteiger partial charge < -0.3 is 20.4 Å². The van der Waals surface area contributed by atoms with Gasteiger partial charge >= 0.3 is 12.3 Å². The molecular weight excluding hydrogens is 214 g/mol. The van der Waals surface area contributed by atoms with Crippen LogP contribution in [0.2, 0.25) is 0 Å². The molecule has 0 unspecified atom stereocenters.